The molecule has 0 amide bonds. The largest absolute Gasteiger partial charge is 0.395 e. The van der Waals surface area contributed by atoms with Crippen LogP contribution in [0.15, 0.2) is 23.7 Å². The van der Waals surface area contributed by atoms with Gasteiger partial charge in [-0.25, -0.2) is 4.98 Å². The van der Waals surface area contributed by atoms with Crippen LogP contribution in [0.4, 0.5) is 0 Å². The minimum atomic E-state index is -0.183. The highest BCUT2D eigenvalue weighted by Gasteiger charge is 2.19. The zero-order valence-electron chi connectivity index (χ0n) is 8.32. The standard InChI is InChI=1S/C11H13NOS/c1-11(2,6-13)8-3-4-10-9(5-8)12-7-14-10/h3-5,7,13H,6H2,1-2H3. The number of aliphatic hydroxyl groups excluding tert-OH is 1. The van der Waals surface area contributed by atoms with Crippen LogP contribution < -0.4 is 0 Å². The number of hydrogen-bond acceptors (Lipinski definition) is 3. The van der Waals surface area contributed by atoms with Gasteiger partial charge in [-0.15, -0.1) is 11.3 Å². The van der Waals surface area contributed by atoms with E-state index in [4.69, 9.17) is 0 Å². The van der Waals surface area contributed by atoms with Crippen molar-refractivity contribution in [2.75, 3.05) is 6.61 Å². The van der Waals surface area contributed by atoms with Crippen molar-refractivity contribution in [2.45, 2.75) is 19.3 Å². The Balaban J connectivity index is 2.53. The van der Waals surface area contributed by atoms with Crippen LogP contribution in [-0.4, -0.2) is 16.7 Å². The fourth-order valence-electron chi connectivity index (χ4n) is 1.37. The van der Waals surface area contributed by atoms with Gasteiger partial charge in [0.15, 0.2) is 0 Å². The van der Waals surface area contributed by atoms with Crippen LogP contribution in [0.25, 0.3) is 10.2 Å². The van der Waals surface area contributed by atoms with Gasteiger partial charge in [-0.05, 0) is 17.7 Å². The third kappa shape index (κ3) is 1.53. The summed E-state index contributed by atoms with van der Waals surface area (Å²) in [5.41, 5.74) is 3.82. The molecule has 74 valence electrons. The number of rotatable bonds is 2. The lowest BCUT2D eigenvalue weighted by Gasteiger charge is -2.21. The van der Waals surface area contributed by atoms with Crippen molar-refractivity contribution < 1.29 is 5.11 Å². The van der Waals surface area contributed by atoms with Crippen LogP contribution in [0.3, 0.4) is 0 Å². The molecule has 0 unspecified atom stereocenters. The molecule has 0 saturated heterocycles. The monoisotopic (exact) mass is 207 g/mol. The Hall–Kier alpha value is -0.930. The normalized spacial score (nSPS) is 12.2. The molecule has 1 heterocycles. The van der Waals surface area contributed by atoms with E-state index in [1.54, 1.807) is 11.3 Å². The van der Waals surface area contributed by atoms with Gasteiger partial charge in [-0.3, -0.25) is 0 Å². The van der Waals surface area contributed by atoms with Crippen molar-refractivity contribution >= 4 is 21.6 Å². The lowest BCUT2D eigenvalue weighted by atomic mass is 9.85. The summed E-state index contributed by atoms with van der Waals surface area (Å²) in [6.07, 6.45) is 0. The Morgan fingerprint density at radius 1 is 1.43 bits per heavy atom. The van der Waals surface area contributed by atoms with Crippen molar-refractivity contribution in [2.24, 2.45) is 0 Å². The minimum absolute atomic E-state index is 0.155. The average molecular weight is 207 g/mol. The fraction of sp³-hybridized carbons (Fsp3) is 0.364. The molecule has 0 aliphatic heterocycles. The summed E-state index contributed by atoms with van der Waals surface area (Å²) in [5, 5.41) is 9.25. The summed E-state index contributed by atoms with van der Waals surface area (Å²) in [6, 6.07) is 6.19. The summed E-state index contributed by atoms with van der Waals surface area (Å²) in [7, 11) is 0. The molecule has 0 spiro atoms. The maximum atomic E-state index is 9.25. The number of nitrogens with zero attached hydrogens (tertiary/aromatic N) is 1. The van der Waals surface area contributed by atoms with E-state index in [0.717, 1.165) is 11.1 Å². The number of fused-ring (bicyclic) bond motifs is 1. The molecule has 0 radical (unpaired) electrons. The second-order valence-electron chi connectivity index (χ2n) is 4.08. The minimum Gasteiger partial charge on any atom is -0.395 e. The zero-order chi connectivity index (χ0) is 10.2. The molecule has 0 atom stereocenters. The van der Waals surface area contributed by atoms with E-state index in [9.17, 15) is 5.11 Å². The zero-order valence-corrected chi connectivity index (χ0v) is 9.14. The Morgan fingerprint density at radius 3 is 2.93 bits per heavy atom. The third-order valence-electron chi connectivity index (χ3n) is 2.51. The van der Waals surface area contributed by atoms with E-state index in [2.05, 4.69) is 23.2 Å². The molecule has 0 fully saturated rings. The smallest absolute Gasteiger partial charge is 0.0814 e. The average Bonchev–Trinajstić information content (AvgIpc) is 2.64. The first-order valence-electron chi connectivity index (χ1n) is 4.58. The molecule has 0 bridgehead atoms. The predicted molar refractivity (Wildman–Crippen MR) is 59.7 cm³/mol. The van der Waals surface area contributed by atoms with E-state index in [0.29, 0.717) is 0 Å². The van der Waals surface area contributed by atoms with Crippen LogP contribution in [0.5, 0.6) is 0 Å². The molecule has 2 nitrogen and oxygen atoms in total. The van der Waals surface area contributed by atoms with E-state index < -0.39 is 0 Å². The van der Waals surface area contributed by atoms with Crippen molar-refractivity contribution in [3.05, 3.63) is 29.3 Å². The van der Waals surface area contributed by atoms with Gasteiger partial charge in [0.1, 0.15) is 0 Å². The molecule has 1 aromatic heterocycles. The van der Waals surface area contributed by atoms with Crippen molar-refractivity contribution in [3.8, 4) is 0 Å². The molecule has 1 aromatic carbocycles. The second-order valence-corrected chi connectivity index (χ2v) is 4.96. The summed E-state index contributed by atoms with van der Waals surface area (Å²) >= 11 is 1.64. The summed E-state index contributed by atoms with van der Waals surface area (Å²) in [5.74, 6) is 0. The van der Waals surface area contributed by atoms with Crippen LogP contribution in [0, 0.1) is 0 Å². The second kappa shape index (κ2) is 3.33. The van der Waals surface area contributed by atoms with Gasteiger partial charge in [-0.1, -0.05) is 19.9 Å². The fourth-order valence-corrected chi connectivity index (χ4v) is 2.03. The maximum absolute atomic E-state index is 9.25. The molecule has 2 rings (SSSR count). The Kier molecular flexibility index (Phi) is 2.29. The van der Waals surface area contributed by atoms with Crippen molar-refractivity contribution in [3.63, 3.8) is 0 Å². The van der Waals surface area contributed by atoms with Gasteiger partial charge < -0.3 is 5.11 Å². The quantitative estimate of drug-likeness (QED) is 0.821. The van der Waals surface area contributed by atoms with Gasteiger partial charge in [0.2, 0.25) is 0 Å². The van der Waals surface area contributed by atoms with Gasteiger partial charge in [0.05, 0.1) is 22.3 Å². The van der Waals surface area contributed by atoms with E-state index in [-0.39, 0.29) is 12.0 Å². The Bertz CT molecular complexity index is 447. The molecular weight excluding hydrogens is 194 g/mol. The SMILES string of the molecule is CC(C)(CO)c1ccc2scnc2c1. The van der Waals surface area contributed by atoms with Gasteiger partial charge in [0, 0.05) is 5.41 Å². The lowest BCUT2D eigenvalue weighted by molar-refractivity contribution is 0.218. The molecule has 3 heteroatoms. The third-order valence-corrected chi connectivity index (χ3v) is 3.32. The number of hydrogen-bond donors (Lipinski definition) is 1. The van der Waals surface area contributed by atoms with Crippen molar-refractivity contribution in [1.29, 1.82) is 0 Å². The van der Waals surface area contributed by atoms with Gasteiger partial charge in [-0.2, -0.15) is 0 Å². The van der Waals surface area contributed by atoms with Crippen molar-refractivity contribution in [1.82, 2.24) is 4.98 Å². The van der Waals surface area contributed by atoms with Crippen LogP contribution >= 0.6 is 11.3 Å². The van der Waals surface area contributed by atoms with Gasteiger partial charge >= 0.3 is 0 Å². The van der Waals surface area contributed by atoms with Gasteiger partial charge in [0.25, 0.3) is 0 Å². The summed E-state index contributed by atoms with van der Waals surface area (Å²) in [4.78, 5) is 4.26. The summed E-state index contributed by atoms with van der Waals surface area (Å²) in [6.45, 7) is 4.21. The predicted octanol–water partition coefficient (Wildman–Crippen LogP) is 2.57. The van der Waals surface area contributed by atoms with Crippen LogP contribution in [0.1, 0.15) is 19.4 Å². The maximum Gasteiger partial charge on any atom is 0.0814 e. The van der Waals surface area contributed by atoms with Crippen LogP contribution in [0.2, 0.25) is 0 Å². The summed E-state index contributed by atoms with van der Waals surface area (Å²) < 4.78 is 1.20. The first-order valence-corrected chi connectivity index (χ1v) is 5.46. The highest BCUT2D eigenvalue weighted by Crippen LogP contribution is 2.27. The Morgan fingerprint density at radius 2 is 2.21 bits per heavy atom. The Labute approximate surface area is 87.2 Å². The number of aromatic nitrogens is 1. The first-order chi connectivity index (χ1) is 6.63. The number of thiazole rings is 1. The van der Waals surface area contributed by atoms with Crippen LogP contribution in [-0.2, 0) is 5.41 Å². The highest BCUT2D eigenvalue weighted by atomic mass is 32.1. The molecule has 1 N–H and O–H groups in total. The molecule has 2 aromatic rings. The molecule has 0 saturated carbocycles. The molecule has 14 heavy (non-hydrogen) atoms. The highest BCUT2D eigenvalue weighted by molar-refractivity contribution is 7.16. The number of benzene rings is 1. The lowest BCUT2D eigenvalue weighted by Crippen LogP contribution is -2.21. The molecule has 0 aliphatic carbocycles. The van der Waals surface area contributed by atoms with E-state index in [1.165, 1.54) is 4.70 Å². The molecule has 0 aliphatic rings. The molecular formula is C11H13NOS. The topological polar surface area (TPSA) is 33.1 Å². The number of aliphatic hydroxyl groups is 1. The first kappa shape index (κ1) is 9.62. The van der Waals surface area contributed by atoms with E-state index in [1.807, 2.05) is 19.4 Å². The van der Waals surface area contributed by atoms with E-state index >= 15 is 0 Å².